The Morgan fingerprint density at radius 1 is 1.67 bits per heavy atom. The van der Waals surface area contributed by atoms with Crippen LogP contribution in [-0.2, 0) is 4.74 Å². The first-order chi connectivity index (χ1) is 7.16. The summed E-state index contributed by atoms with van der Waals surface area (Å²) in [7, 11) is 0. The zero-order valence-electron chi connectivity index (χ0n) is 7.70. The minimum absolute atomic E-state index is 0.0381. The second kappa shape index (κ2) is 4.82. The molecule has 2 rings (SSSR count). The number of halogens is 2. The summed E-state index contributed by atoms with van der Waals surface area (Å²) in [5, 5.41) is 4.64. The molecule has 1 amide bonds. The molecule has 15 heavy (non-hydrogen) atoms. The maximum Gasteiger partial charge on any atom is 0.252 e. The smallest absolute Gasteiger partial charge is 0.252 e. The first-order valence-corrected chi connectivity index (χ1v) is 6.61. The van der Waals surface area contributed by atoms with E-state index in [0.717, 1.165) is 0 Å². The number of nitrogens with one attached hydrogen (secondary N) is 1. The summed E-state index contributed by atoms with van der Waals surface area (Å²) in [4.78, 5) is 11.9. The van der Waals surface area contributed by atoms with E-state index in [9.17, 15) is 4.79 Å². The molecule has 1 fully saturated rings. The van der Waals surface area contributed by atoms with Crippen LogP contribution in [-0.4, -0.2) is 30.0 Å². The van der Waals surface area contributed by atoms with Crippen LogP contribution >= 0.6 is 38.9 Å². The maximum atomic E-state index is 11.7. The lowest BCUT2D eigenvalue weighted by molar-refractivity contribution is 0.0931. The second-order valence-corrected chi connectivity index (χ2v) is 5.99. The topological polar surface area (TPSA) is 38.3 Å². The number of ether oxygens (including phenoxy) is 1. The molecule has 1 aliphatic heterocycles. The van der Waals surface area contributed by atoms with Crippen LogP contribution in [0.2, 0.25) is 4.34 Å². The molecular formula is C9H9BrClNO2S. The molecule has 1 aliphatic rings. The van der Waals surface area contributed by atoms with Gasteiger partial charge in [0.25, 0.3) is 5.91 Å². The predicted molar refractivity (Wildman–Crippen MR) is 64.1 cm³/mol. The van der Waals surface area contributed by atoms with E-state index in [2.05, 4.69) is 21.2 Å². The molecular weight excluding hydrogens is 302 g/mol. The molecule has 82 valence electrons. The zero-order valence-corrected chi connectivity index (χ0v) is 10.9. The third-order valence-corrected chi connectivity index (χ3v) is 4.15. The lowest BCUT2D eigenvalue weighted by Gasteiger charge is -2.13. The molecule has 6 heteroatoms. The molecule has 1 saturated heterocycles. The quantitative estimate of drug-likeness (QED) is 0.851. The Bertz CT molecular complexity index is 371. The van der Waals surface area contributed by atoms with Gasteiger partial charge in [-0.05, 0) is 6.07 Å². The molecule has 2 heterocycles. The largest absolute Gasteiger partial charge is 0.378 e. The van der Waals surface area contributed by atoms with E-state index in [-0.39, 0.29) is 16.8 Å². The summed E-state index contributed by atoms with van der Waals surface area (Å²) in [5.41, 5.74) is 0.608. The average molecular weight is 311 g/mol. The number of hydrogen-bond donors (Lipinski definition) is 1. The highest BCUT2D eigenvalue weighted by atomic mass is 79.9. The summed E-state index contributed by atoms with van der Waals surface area (Å²) in [6.07, 6.45) is 0. The van der Waals surface area contributed by atoms with Crippen LogP contribution in [0.4, 0.5) is 0 Å². The number of alkyl halides is 1. The van der Waals surface area contributed by atoms with Crippen molar-refractivity contribution in [1.82, 2.24) is 5.32 Å². The first-order valence-electron chi connectivity index (χ1n) is 4.43. The predicted octanol–water partition coefficient (Wildman–Crippen LogP) is 2.29. The van der Waals surface area contributed by atoms with Crippen molar-refractivity contribution in [3.05, 3.63) is 21.3 Å². The average Bonchev–Trinajstić information content (AvgIpc) is 2.77. The molecule has 1 aromatic rings. The molecule has 2 unspecified atom stereocenters. The lowest BCUT2D eigenvalue weighted by atomic mass is 10.2. The van der Waals surface area contributed by atoms with Gasteiger partial charge in [0.15, 0.2) is 0 Å². The van der Waals surface area contributed by atoms with Gasteiger partial charge in [-0.1, -0.05) is 27.5 Å². The van der Waals surface area contributed by atoms with E-state index in [1.165, 1.54) is 11.3 Å². The number of carbonyl (C=O) groups excluding carboxylic acids is 1. The minimum atomic E-state index is -0.0990. The van der Waals surface area contributed by atoms with Crippen LogP contribution in [0.3, 0.4) is 0 Å². The summed E-state index contributed by atoms with van der Waals surface area (Å²) in [5.74, 6) is -0.0990. The van der Waals surface area contributed by atoms with Crippen LogP contribution in [0, 0.1) is 0 Å². The van der Waals surface area contributed by atoms with Crippen molar-refractivity contribution in [2.75, 3.05) is 13.2 Å². The Balaban J connectivity index is 1.97. The number of carbonyl (C=O) groups is 1. The maximum absolute atomic E-state index is 11.7. The highest BCUT2D eigenvalue weighted by Gasteiger charge is 2.27. The monoisotopic (exact) mass is 309 g/mol. The Labute approximate surface area is 105 Å². The van der Waals surface area contributed by atoms with Gasteiger partial charge in [-0.25, -0.2) is 0 Å². The molecule has 2 atom stereocenters. The zero-order chi connectivity index (χ0) is 10.8. The fourth-order valence-corrected chi connectivity index (χ4v) is 2.67. The summed E-state index contributed by atoms with van der Waals surface area (Å²) in [6.45, 7) is 1.19. The van der Waals surface area contributed by atoms with Gasteiger partial charge in [0.05, 0.1) is 34.0 Å². The van der Waals surface area contributed by atoms with Gasteiger partial charge < -0.3 is 10.1 Å². The molecule has 1 aromatic heterocycles. The Morgan fingerprint density at radius 3 is 3.00 bits per heavy atom. The molecule has 0 spiro atoms. The van der Waals surface area contributed by atoms with E-state index < -0.39 is 0 Å². The fourth-order valence-electron chi connectivity index (χ4n) is 1.34. The van der Waals surface area contributed by atoms with Gasteiger partial charge in [-0.2, -0.15) is 0 Å². The molecule has 3 nitrogen and oxygen atoms in total. The standard InChI is InChI=1S/C9H9BrClNO2S/c10-6-2-14-3-7(6)12-9(13)5-1-8(11)15-4-5/h1,4,6-7H,2-3H2,(H,12,13). The number of hydrogen-bond acceptors (Lipinski definition) is 3. The summed E-state index contributed by atoms with van der Waals surface area (Å²) < 4.78 is 5.85. The van der Waals surface area contributed by atoms with Crippen LogP contribution in [0.25, 0.3) is 0 Å². The third-order valence-electron chi connectivity index (χ3n) is 2.16. The van der Waals surface area contributed by atoms with Gasteiger partial charge in [0.2, 0.25) is 0 Å². The Morgan fingerprint density at radius 2 is 2.47 bits per heavy atom. The highest BCUT2D eigenvalue weighted by Crippen LogP contribution is 2.21. The Hall–Kier alpha value is -0.100. The number of thiophene rings is 1. The van der Waals surface area contributed by atoms with Crippen molar-refractivity contribution < 1.29 is 9.53 Å². The van der Waals surface area contributed by atoms with Crippen LogP contribution in [0.5, 0.6) is 0 Å². The van der Waals surface area contributed by atoms with Crippen molar-refractivity contribution in [2.24, 2.45) is 0 Å². The normalized spacial score (nSPS) is 25.5. The SMILES string of the molecule is O=C(NC1COCC1Br)c1csc(Cl)c1. The van der Waals surface area contributed by atoms with E-state index >= 15 is 0 Å². The highest BCUT2D eigenvalue weighted by molar-refractivity contribution is 9.09. The van der Waals surface area contributed by atoms with Gasteiger partial charge in [0, 0.05) is 5.38 Å². The van der Waals surface area contributed by atoms with Crippen molar-refractivity contribution in [3.8, 4) is 0 Å². The molecule has 0 aliphatic carbocycles. The van der Waals surface area contributed by atoms with Gasteiger partial charge in [-0.15, -0.1) is 11.3 Å². The van der Waals surface area contributed by atoms with E-state index in [1.807, 2.05) is 0 Å². The molecule has 1 N–H and O–H groups in total. The number of rotatable bonds is 2. The third kappa shape index (κ3) is 2.72. The van der Waals surface area contributed by atoms with Crippen LogP contribution < -0.4 is 5.32 Å². The van der Waals surface area contributed by atoms with Crippen molar-refractivity contribution >= 4 is 44.8 Å². The van der Waals surface area contributed by atoms with Crippen molar-refractivity contribution in [3.63, 3.8) is 0 Å². The van der Waals surface area contributed by atoms with E-state index in [0.29, 0.717) is 23.1 Å². The lowest BCUT2D eigenvalue weighted by Crippen LogP contribution is -2.40. The molecule has 0 aromatic carbocycles. The molecule has 0 bridgehead atoms. The van der Waals surface area contributed by atoms with Gasteiger partial charge >= 0.3 is 0 Å². The summed E-state index contributed by atoms with van der Waals surface area (Å²) >= 11 is 10.6. The second-order valence-electron chi connectivity index (χ2n) is 3.27. The van der Waals surface area contributed by atoms with E-state index in [4.69, 9.17) is 16.3 Å². The van der Waals surface area contributed by atoms with Crippen molar-refractivity contribution in [1.29, 1.82) is 0 Å². The Kier molecular flexibility index (Phi) is 3.66. The van der Waals surface area contributed by atoms with Crippen LogP contribution in [0.1, 0.15) is 10.4 Å². The van der Waals surface area contributed by atoms with Crippen molar-refractivity contribution in [2.45, 2.75) is 10.9 Å². The number of amides is 1. The minimum Gasteiger partial charge on any atom is -0.378 e. The fraction of sp³-hybridized carbons (Fsp3) is 0.444. The van der Waals surface area contributed by atoms with E-state index in [1.54, 1.807) is 11.4 Å². The van der Waals surface area contributed by atoms with Crippen LogP contribution in [0.15, 0.2) is 11.4 Å². The molecule has 0 radical (unpaired) electrons. The summed E-state index contributed by atoms with van der Waals surface area (Å²) in [6, 6.07) is 1.71. The first kappa shape index (κ1) is 11.4. The van der Waals surface area contributed by atoms with Gasteiger partial charge in [-0.3, -0.25) is 4.79 Å². The van der Waals surface area contributed by atoms with Gasteiger partial charge in [0.1, 0.15) is 0 Å². The molecule has 0 saturated carbocycles.